The maximum absolute atomic E-state index is 10.3. The van der Waals surface area contributed by atoms with E-state index in [0.29, 0.717) is 11.0 Å². The number of anilines is 2. The Kier molecular flexibility index (Phi) is 3.85. The zero-order chi connectivity index (χ0) is 17.7. The molecule has 4 rings (SSSR count). The SMILES string of the molecule is Nc1nc(N)c2c(-c3cccs3)cn([C@@H]3O[C@H](CO)[C@@H](O)[C@H]3O)c2n1. The largest absolute Gasteiger partial charge is 0.394 e. The Morgan fingerprint density at radius 2 is 2.04 bits per heavy atom. The molecule has 0 aliphatic carbocycles. The lowest BCUT2D eigenvalue weighted by molar-refractivity contribution is -0.0508. The van der Waals surface area contributed by atoms with Gasteiger partial charge in [-0.25, -0.2) is 0 Å². The number of thiophene rings is 1. The number of nitrogens with two attached hydrogens (primary N) is 2. The van der Waals surface area contributed by atoms with Crippen molar-refractivity contribution in [1.29, 1.82) is 0 Å². The third-order valence-electron chi connectivity index (χ3n) is 4.30. The molecular weight excluding hydrogens is 346 g/mol. The molecule has 132 valence electrons. The second-order valence-electron chi connectivity index (χ2n) is 5.82. The smallest absolute Gasteiger partial charge is 0.223 e. The van der Waals surface area contributed by atoms with Crippen LogP contribution < -0.4 is 11.5 Å². The van der Waals surface area contributed by atoms with Crippen LogP contribution in [0.15, 0.2) is 23.7 Å². The number of fused-ring (bicyclic) bond motifs is 1. The van der Waals surface area contributed by atoms with E-state index in [9.17, 15) is 15.3 Å². The van der Waals surface area contributed by atoms with E-state index in [-0.39, 0.29) is 11.8 Å². The molecule has 3 aromatic heterocycles. The molecule has 0 amide bonds. The first-order valence-corrected chi connectivity index (χ1v) is 8.49. The summed E-state index contributed by atoms with van der Waals surface area (Å²) in [6.07, 6.45) is -2.53. The van der Waals surface area contributed by atoms with Crippen LogP contribution in [0.5, 0.6) is 0 Å². The summed E-state index contributed by atoms with van der Waals surface area (Å²) < 4.78 is 7.19. The maximum atomic E-state index is 10.3. The van der Waals surface area contributed by atoms with Gasteiger partial charge in [0.25, 0.3) is 0 Å². The first-order valence-electron chi connectivity index (χ1n) is 7.61. The summed E-state index contributed by atoms with van der Waals surface area (Å²) in [6, 6.07) is 3.83. The maximum Gasteiger partial charge on any atom is 0.223 e. The monoisotopic (exact) mass is 363 g/mol. The van der Waals surface area contributed by atoms with E-state index in [1.54, 1.807) is 10.8 Å². The highest BCUT2D eigenvalue weighted by Gasteiger charge is 2.44. The summed E-state index contributed by atoms with van der Waals surface area (Å²) >= 11 is 1.52. The van der Waals surface area contributed by atoms with Gasteiger partial charge in [0.2, 0.25) is 5.95 Å². The molecule has 9 nitrogen and oxygen atoms in total. The van der Waals surface area contributed by atoms with Gasteiger partial charge >= 0.3 is 0 Å². The normalized spacial score (nSPS) is 26.5. The summed E-state index contributed by atoms with van der Waals surface area (Å²) in [5.74, 6) is 0.213. The molecule has 0 spiro atoms. The second kappa shape index (κ2) is 5.93. The predicted molar refractivity (Wildman–Crippen MR) is 92.7 cm³/mol. The van der Waals surface area contributed by atoms with Gasteiger partial charge in [-0.15, -0.1) is 11.3 Å². The van der Waals surface area contributed by atoms with Crippen molar-refractivity contribution in [2.45, 2.75) is 24.5 Å². The van der Waals surface area contributed by atoms with Crippen LogP contribution in [-0.4, -0.2) is 54.8 Å². The van der Waals surface area contributed by atoms with Crippen molar-refractivity contribution in [1.82, 2.24) is 14.5 Å². The van der Waals surface area contributed by atoms with Gasteiger partial charge in [-0.2, -0.15) is 9.97 Å². The summed E-state index contributed by atoms with van der Waals surface area (Å²) in [6.45, 7) is -0.412. The van der Waals surface area contributed by atoms with Crippen LogP contribution in [0.4, 0.5) is 11.8 Å². The summed E-state index contributed by atoms with van der Waals surface area (Å²) in [5.41, 5.74) is 13.0. The fraction of sp³-hybridized carbons (Fsp3) is 0.333. The van der Waals surface area contributed by atoms with E-state index in [1.807, 2.05) is 17.5 Å². The molecule has 1 aliphatic rings. The van der Waals surface area contributed by atoms with Crippen LogP contribution in [-0.2, 0) is 4.74 Å². The van der Waals surface area contributed by atoms with Crippen LogP contribution in [0.2, 0.25) is 0 Å². The zero-order valence-corrected chi connectivity index (χ0v) is 13.8. The fourth-order valence-electron chi connectivity index (χ4n) is 3.12. The lowest BCUT2D eigenvalue weighted by Gasteiger charge is -2.17. The minimum atomic E-state index is -1.23. The van der Waals surface area contributed by atoms with E-state index in [0.717, 1.165) is 10.4 Å². The van der Waals surface area contributed by atoms with E-state index < -0.39 is 31.1 Å². The molecule has 4 atom stereocenters. The Bertz CT molecular complexity index is 912. The highest BCUT2D eigenvalue weighted by Crippen LogP contribution is 2.40. The molecule has 0 bridgehead atoms. The Morgan fingerprint density at radius 3 is 2.68 bits per heavy atom. The lowest BCUT2D eigenvalue weighted by atomic mass is 10.1. The predicted octanol–water partition coefficient (Wildman–Crippen LogP) is -0.0643. The molecule has 0 saturated carbocycles. The van der Waals surface area contributed by atoms with Crippen molar-refractivity contribution >= 4 is 34.1 Å². The van der Waals surface area contributed by atoms with Crippen LogP contribution >= 0.6 is 11.3 Å². The average Bonchev–Trinajstić information content (AvgIpc) is 3.27. The van der Waals surface area contributed by atoms with Gasteiger partial charge in [0.05, 0.1) is 12.0 Å². The first-order chi connectivity index (χ1) is 12.0. The number of hydrogen-bond acceptors (Lipinski definition) is 9. The molecule has 25 heavy (non-hydrogen) atoms. The van der Waals surface area contributed by atoms with Crippen molar-refractivity contribution in [2.75, 3.05) is 18.1 Å². The topological polar surface area (TPSA) is 153 Å². The highest BCUT2D eigenvalue weighted by atomic mass is 32.1. The van der Waals surface area contributed by atoms with Gasteiger partial charge in [-0.1, -0.05) is 6.07 Å². The fourth-order valence-corrected chi connectivity index (χ4v) is 3.86. The number of hydrogen-bond donors (Lipinski definition) is 5. The Balaban J connectivity index is 1.93. The standard InChI is InChI=1S/C15H17N5O4S/c16-12-9-6(8-2-1-3-25-8)4-20(13(9)19-15(17)18-12)14-11(23)10(22)7(5-21)24-14/h1-4,7,10-11,14,21-23H,5H2,(H4,16,17,18,19)/t7-,10-,11-,14-/m1/s1. The molecule has 1 fully saturated rings. The number of aromatic nitrogens is 3. The molecule has 0 aromatic carbocycles. The highest BCUT2D eigenvalue weighted by molar-refractivity contribution is 7.13. The van der Waals surface area contributed by atoms with E-state index in [2.05, 4.69) is 9.97 Å². The Morgan fingerprint density at radius 1 is 1.24 bits per heavy atom. The molecule has 3 aromatic rings. The molecule has 4 heterocycles. The van der Waals surface area contributed by atoms with Crippen molar-refractivity contribution in [3.05, 3.63) is 23.7 Å². The van der Waals surface area contributed by atoms with Gasteiger partial charge in [0.1, 0.15) is 24.1 Å². The number of aliphatic hydroxyl groups excluding tert-OH is 3. The van der Waals surface area contributed by atoms with Gasteiger partial charge in [-0.3, -0.25) is 0 Å². The van der Waals surface area contributed by atoms with Crippen molar-refractivity contribution in [2.24, 2.45) is 0 Å². The van der Waals surface area contributed by atoms with Crippen molar-refractivity contribution in [3.63, 3.8) is 0 Å². The van der Waals surface area contributed by atoms with E-state index in [4.69, 9.17) is 16.2 Å². The number of nitrogens with zero attached hydrogens (tertiary/aromatic N) is 3. The minimum absolute atomic E-state index is 0.00572. The number of rotatable bonds is 3. The molecule has 0 radical (unpaired) electrons. The van der Waals surface area contributed by atoms with Crippen LogP contribution in [0.3, 0.4) is 0 Å². The number of nitrogen functional groups attached to an aromatic ring is 2. The third-order valence-corrected chi connectivity index (χ3v) is 5.20. The first kappa shape index (κ1) is 16.2. The Labute approximate surface area is 146 Å². The molecular formula is C15H17N5O4S. The van der Waals surface area contributed by atoms with Gasteiger partial charge < -0.3 is 36.1 Å². The number of ether oxygens (including phenoxy) is 1. The third kappa shape index (κ3) is 2.46. The molecule has 1 aliphatic heterocycles. The summed E-state index contributed by atoms with van der Waals surface area (Å²) in [5, 5.41) is 32.2. The van der Waals surface area contributed by atoms with Gasteiger partial charge in [0, 0.05) is 16.6 Å². The van der Waals surface area contributed by atoms with Crippen molar-refractivity contribution < 1.29 is 20.1 Å². The van der Waals surface area contributed by atoms with Gasteiger partial charge in [0.15, 0.2) is 11.9 Å². The second-order valence-corrected chi connectivity index (χ2v) is 6.77. The Hall–Kier alpha value is -2.24. The van der Waals surface area contributed by atoms with Crippen molar-refractivity contribution in [3.8, 4) is 10.4 Å². The molecule has 1 saturated heterocycles. The quantitative estimate of drug-likeness (QED) is 0.434. The molecule has 10 heteroatoms. The lowest BCUT2D eigenvalue weighted by Crippen LogP contribution is -2.33. The molecule has 7 N–H and O–H groups in total. The summed E-state index contributed by atoms with van der Waals surface area (Å²) in [4.78, 5) is 9.20. The van der Waals surface area contributed by atoms with E-state index >= 15 is 0 Å². The van der Waals surface area contributed by atoms with Crippen LogP contribution in [0.25, 0.3) is 21.5 Å². The van der Waals surface area contributed by atoms with Crippen LogP contribution in [0.1, 0.15) is 6.23 Å². The van der Waals surface area contributed by atoms with E-state index in [1.165, 1.54) is 11.3 Å². The minimum Gasteiger partial charge on any atom is -0.394 e. The van der Waals surface area contributed by atoms with Gasteiger partial charge in [-0.05, 0) is 11.4 Å². The summed E-state index contributed by atoms with van der Waals surface area (Å²) in [7, 11) is 0. The number of aliphatic hydroxyl groups is 3. The zero-order valence-electron chi connectivity index (χ0n) is 13.0. The molecule has 0 unspecified atom stereocenters. The van der Waals surface area contributed by atoms with Crippen LogP contribution in [0, 0.1) is 0 Å². The average molecular weight is 363 g/mol.